The molecule has 0 bridgehead atoms. The van der Waals surface area contributed by atoms with Crippen molar-refractivity contribution in [1.82, 2.24) is 9.47 Å². The summed E-state index contributed by atoms with van der Waals surface area (Å²) in [5.74, 6) is -0.561. The number of hydrogen-bond acceptors (Lipinski definition) is 2. The van der Waals surface area contributed by atoms with E-state index in [2.05, 4.69) is 0 Å². The highest BCUT2D eigenvalue weighted by Crippen LogP contribution is 2.16. The number of aromatic nitrogens is 1. The molecule has 0 N–H and O–H groups in total. The van der Waals surface area contributed by atoms with Crippen LogP contribution in [0.25, 0.3) is 0 Å². The Kier molecular flexibility index (Phi) is 6.26. The fraction of sp³-hybridized carbons (Fsp3) is 0.182. The second kappa shape index (κ2) is 8.85. The lowest BCUT2D eigenvalue weighted by Crippen LogP contribution is -2.31. The number of benzene rings is 2. The standard InChI is InChI=1S/C22H20ClFN2O2/c1-2-25(13-16-6-5-8-19(24)12-16)22(28)18-10-11-21(27)26(15-18)14-17-7-3-4-9-20(17)23/h3-12,15H,2,13-14H2,1H3. The molecule has 1 amide bonds. The molecule has 2 aromatic carbocycles. The van der Waals surface area contributed by atoms with Gasteiger partial charge < -0.3 is 9.47 Å². The smallest absolute Gasteiger partial charge is 0.255 e. The molecule has 0 radical (unpaired) electrons. The molecular weight excluding hydrogens is 379 g/mol. The maximum absolute atomic E-state index is 13.4. The molecule has 0 atom stereocenters. The van der Waals surface area contributed by atoms with Gasteiger partial charge in [0.15, 0.2) is 0 Å². The lowest BCUT2D eigenvalue weighted by Gasteiger charge is -2.21. The van der Waals surface area contributed by atoms with Gasteiger partial charge in [0.05, 0.1) is 12.1 Å². The Morgan fingerprint density at radius 2 is 1.89 bits per heavy atom. The number of hydrogen-bond donors (Lipinski definition) is 0. The van der Waals surface area contributed by atoms with Gasteiger partial charge in [-0.15, -0.1) is 0 Å². The SMILES string of the molecule is CCN(Cc1cccc(F)c1)C(=O)c1ccc(=O)n(Cc2ccccc2Cl)c1. The van der Waals surface area contributed by atoms with Crippen molar-refractivity contribution >= 4 is 17.5 Å². The van der Waals surface area contributed by atoms with E-state index in [1.54, 1.807) is 29.3 Å². The van der Waals surface area contributed by atoms with Crippen molar-refractivity contribution in [2.45, 2.75) is 20.0 Å². The Morgan fingerprint density at radius 3 is 2.61 bits per heavy atom. The van der Waals surface area contributed by atoms with Gasteiger partial charge in [-0.3, -0.25) is 9.59 Å². The van der Waals surface area contributed by atoms with Crippen molar-refractivity contribution in [3.8, 4) is 0 Å². The molecule has 28 heavy (non-hydrogen) atoms. The highest BCUT2D eigenvalue weighted by molar-refractivity contribution is 6.31. The van der Waals surface area contributed by atoms with Crippen LogP contribution in [-0.2, 0) is 13.1 Å². The zero-order valence-corrected chi connectivity index (χ0v) is 16.2. The van der Waals surface area contributed by atoms with Crippen molar-refractivity contribution in [1.29, 1.82) is 0 Å². The average molecular weight is 399 g/mol. The maximum Gasteiger partial charge on any atom is 0.255 e. The van der Waals surface area contributed by atoms with E-state index in [4.69, 9.17) is 11.6 Å². The van der Waals surface area contributed by atoms with Crippen LogP contribution in [0.15, 0.2) is 71.7 Å². The zero-order chi connectivity index (χ0) is 20.1. The van der Waals surface area contributed by atoms with Crippen LogP contribution in [0.2, 0.25) is 5.02 Å². The van der Waals surface area contributed by atoms with Gasteiger partial charge >= 0.3 is 0 Å². The first-order valence-corrected chi connectivity index (χ1v) is 9.33. The highest BCUT2D eigenvalue weighted by atomic mass is 35.5. The van der Waals surface area contributed by atoms with Gasteiger partial charge in [-0.2, -0.15) is 0 Å². The molecular formula is C22H20ClFN2O2. The first-order chi connectivity index (χ1) is 13.5. The summed E-state index contributed by atoms with van der Waals surface area (Å²) in [4.78, 5) is 26.8. The molecule has 6 heteroatoms. The molecule has 0 spiro atoms. The van der Waals surface area contributed by atoms with Gasteiger partial charge in [-0.25, -0.2) is 4.39 Å². The van der Waals surface area contributed by atoms with Crippen LogP contribution in [0.4, 0.5) is 4.39 Å². The quantitative estimate of drug-likeness (QED) is 0.619. The Balaban J connectivity index is 1.84. The van der Waals surface area contributed by atoms with Gasteiger partial charge in [-0.05, 0) is 42.3 Å². The van der Waals surface area contributed by atoms with E-state index in [1.165, 1.54) is 28.8 Å². The Labute approximate surface area is 167 Å². The molecule has 4 nitrogen and oxygen atoms in total. The molecule has 1 aromatic heterocycles. The molecule has 3 rings (SSSR count). The summed E-state index contributed by atoms with van der Waals surface area (Å²) in [6, 6.07) is 16.3. The van der Waals surface area contributed by atoms with Crippen LogP contribution in [-0.4, -0.2) is 21.9 Å². The van der Waals surface area contributed by atoms with E-state index < -0.39 is 0 Å². The monoisotopic (exact) mass is 398 g/mol. The van der Waals surface area contributed by atoms with E-state index in [9.17, 15) is 14.0 Å². The molecule has 0 fully saturated rings. The van der Waals surface area contributed by atoms with Crippen molar-refractivity contribution in [3.05, 3.63) is 105 Å². The van der Waals surface area contributed by atoms with E-state index in [-0.39, 0.29) is 30.4 Å². The average Bonchev–Trinajstić information content (AvgIpc) is 2.69. The molecule has 0 aliphatic rings. The number of carbonyl (C=O) groups is 1. The van der Waals surface area contributed by atoms with Gasteiger partial charge in [0.1, 0.15) is 5.82 Å². The lowest BCUT2D eigenvalue weighted by molar-refractivity contribution is 0.0751. The number of carbonyl (C=O) groups excluding carboxylic acids is 1. The summed E-state index contributed by atoms with van der Waals surface area (Å²) in [5.41, 5.74) is 1.68. The van der Waals surface area contributed by atoms with Crippen LogP contribution >= 0.6 is 11.6 Å². The van der Waals surface area contributed by atoms with Crippen LogP contribution in [0.3, 0.4) is 0 Å². The van der Waals surface area contributed by atoms with Crippen molar-refractivity contribution in [2.24, 2.45) is 0 Å². The number of rotatable bonds is 6. The van der Waals surface area contributed by atoms with Crippen LogP contribution in [0, 0.1) is 5.82 Å². The number of halogens is 2. The molecule has 3 aromatic rings. The highest BCUT2D eigenvalue weighted by Gasteiger charge is 2.16. The first kappa shape index (κ1) is 19.8. The molecule has 1 heterocycles. The summed E-state index contributed by atoms with van der Waals surface area (Å²) in [6.45, 7) is 2.88. The summed E-state index contributed by atoms with van der Waals surface area (Å²) >= 11 is 6.18. The third-order valence-electron chi connectivity index (χ3n) is 4.46. The molecule has 0 saturated carbocycles. The third-order valence-corrected chi connectivity index (χ3v) is 4.83. The molecule has 144 valence electrons. The van der Waals surface area contributed by atoms with Gasteiger partial charge in [0.25, 0.3) is 11.5 Å². The topological polar surface area (TPSA) is 42.3 Å². The van der Waals surface area contributed by atoms with E-state index in [0.29, 0.717) is 22.7 Å². The molecule has 0 aliphatic carbocycles. The lowest BCUT2D eigenvalue weighted by atomic mass is 10.1. The van der Waals surface area contributed by atoms with Crippen LogP contribution in [0.1, 0.15) is 28.4 Å². The van der Waals surface area contributed by atoms with E-state index >= 15 is 0 Å². The third kappa shape index (κ3) is 4.67. The van der Waals surface area contributed by atoms with Crippen molar-refractivity contribution < 1.29 is 9.18 Å². The van der Waals surface area contributed by atoms with E-state index in [0.717, 1.165) is 5.56 Å². The molecule has 0 unspecified atom stereocenters. The maximum atomic E-state index is 13.4. The van der Waals surface area contributed by atoms with Gasteiger partial charge in [0, 0.05) is 30.4 Å². The molecule has 0 aliphatic heterocycles. The fourth-order valence-corrected chi connectivity index (χ4v) is 3.15. The zero-order valence-electron chi connectivity index (χ0n) is 15.4. The Hall–Kier alpha value is -2.92. The fourth-order valence-electron chi connectivity index (χ4n) is 2.96. The van der Waals surface area contributed by atoms with Crippen LogP contribution < -0.4 is 5.56 Å². The van der Waals surface area contributed by atoms with Gasteiger partial charge in [0.2, 0.25) is 0 Å². The van der Waals surface area contributed by atoms with Crippen LogP contribution in [0.5, 0.6) is 0 Å². The number of pyridine rings is 1. The van der Waals surface area contributed by atoms with Crippen molar-refractivity contribution in [3.63, 3.8) is 0 Å². The molecule has 0 saturated heterocycles. The predicted octanol–water partition coefficient (Wildman–Crippen LogP) is 4.35. The minimum Gasteiger partial charge on any atom is -0.335 e. The minimum absolute atomic E-state index is 0.218. The van der Waals surface area contributed by atoms with E-state index in [1.807, 2.05) is 25.1 Å². The Morgan fingerprint density at radius 1 is 1.11 bits per heavy atom. The summed E-state index contributed by atoms with van der Waals surface area (Å²) in [7, 11) is 0. The second-order valence-corrected chi connectivity index (χ2v) is 6.83. The van der Waals surface area contributed by atoms with Gasteiger partial charge in [-0.1, -0.05) is 41.9 Å². The number of nitrogens with zero attached hydrogens (tertiary/aromatic N) is 2. The number of amides is 1. The Bertz CT molecular complexity index is 1050. The predicted molar refractivity (Wildman–Crippen MR) is 108 cm³/mol. The van der Waals surface area contributed by atoms with Crippen molar-refractivity contribution in [2.75, 3.05) is 6.54 Å². The summed E-state index contributed by atoms with van der Waals surface area (Å²) in [6.07, 6.45) is 1.54. The minimum atomic E-state index is -0.339. The first-order valence-electron chi connectivity index (χ1n) is 8.95. The normalized spacial score (nSPS) is 10.7. The second-order valence-electron chi connectivity index (χ2n) is 6.42. The summed E-state index contributed by atoms with van der Waals surface area (Å²) in [5, 5.41) is 0.562. The summed E-state index contributed by atoms with van der Waals surface area (Å²) < 4.78 is 14.9. The largest absolute Gasteiger partial charge is 0.335 e.